The molecule has 2 aliphatic rings. The third-order valence-corrected chi connectivity index (χ3v) is 6.36. The van der Waals surface area contributed by atoms with Crippen molar-refractivity contribution in [1.29, 1.82) is 0 Å². The van der Waals surface area contributed by atoms with Gasteiger partial charge in [0.2, 0.25) is 15.9 Å². The maximum atomic E-state index is 12.8. The van der Waals surface area contributed by atoms with Gasteiger partial charge in [-0.3, -0.25) is 4.79 Å². The zero-order chi connectivity index (χ0) is 18.2. The minimum Gasteiger partial charge on any atom is -0.433 e. The number of halogens is 3. The molecule has 1 saturated carbocycles. The van der Waals surface area contributed by atoms with Gasteiger partial charge in [0.25, 0.3) is 0 Å². The fourth-order valence-electron chi connectivity index (χ4n) is 2.78. The topological polar surface area (TPSA) is 75.7 Å². The predicted octanol–water partition coefficient (Wildman–Crippen LogP) is 2.37. The van der Waals surface area contributed by atoms with Crippen LogP contribution in [0.1, 0.15) is 25.7 Å². The first-order valence-corrected chi connectivity index (χ1v) is 9.67. The van der Waals surface area contributed by atoms with E-state index >= 15 is 0 Å². The van der Waals surface area contributed by atoms with Crippen molar-refractivity contribution in [2.75, 3.05) is 6.54 Å². The molecule has 1 heterocycles. The lowest BCUT2D eigenvalue weighted by Gasteiger charge is -2.23. The van der Waals surface area contributed by atoms with Crippen LogP contribution in [0.3, 0.4) is 0 Å². The molecule has 1 aromatic rings. The number of carbonyl (C=O) groups is 1. The van der Waals surface area contributed by atoms with Gasteiger partial charge in [0.1, 0.15) is 11.8 Å². The van der Waals surface area contributed by atoms with Gasteiger partial charge in [-0.25, -0.2) is 8.42 Å². The molecule has 1 N–H and O–H groups in total. The van der Waals surface area contributed by atoms with Crippen LogP contribution in [0.2, 0.25) is 5.02 Å². The lowest BCUT2D eigenvalue weighted by Crippen LogP contribution is -2.46. The molecule has 0 radical (unpaired) electrons. The highest BCUT2D eigenvalue weighted by atomic mass is 35.5. The highest BCUT2D eigenvalue weighted by Crippen LogP contribution is 2.32. The summed E-state index contributed by atoms with van der Waals surface area (Å²) in [6, 6.07) is 2.66. The number of hydrogen-bond donors (Lipinski definition) is 1. The van der Waals surface area contributed by atoms with Crippen LogP contribution in [-0.4, -0.2) is 43.9 Å². The van der Waals surface area contributed by atoms with E-state index in [2.05, 4.69) is 10.1 Å². The molecule has 3 rings (SSSR count). The molecule has 138 valence electrons. The van der Waals surface area contributed by atoms with E-state index in [1.807, 2.05) is 0 Å². The molecule has 1 aliphatic carbocycles. The largest absolute Gasteiger partial charge is 0.433 e. The molecule has 1 atom stereocenters. The second-order valence-corrected chi connectivity index (χ2v) is 8.33. The Kier molecular flexibility index (Phi) is 5.17. The molecule has 1 amide bonds. The zero-order valence-electron chi connectivity index (χ0n) is 13.1. The van der Waals surface area contributed by atoms with Crippen molar-refractivity contribution < 1.29 is 26.7 Å². The first kappa shape index (κ1) is 18.3. The zero-order valence-corrected chi connectivity index (χ0v) is 14.7. The van der Waals surface area contributed by atoms with E-state index in [1.54, 1.807) is 0 Å². The van der Waals surface area contributed by atoms with Gasteiger partial charge in [-0.2, -0.15) is 13.1 Å². The summed E-state index contributed by atoms with van der Waals surface area (Å²) in [5.41, 5.74) is 0. The molecule has 0 bridgehead atoms. The molecule has 1 aliphatic heterocycles. The van der Waals surface area contributed by atoms with Crippen LogP contribution in [0.15, 0.2) is 23.1 Å². The summed E-state index contributed by atoms with van der Waals surface area (Å²) in [6.07, 6.45) is 2.83. The standard InChI is InChI=1S/C15H17ClF2N2O4S/c16-11-8-10(5-6-13(11)24-15(17)18)25(22,23)20-7-1-2-12(20)14(21)19-9-3-4-9/h5-6,8-9,12,15H,1-4,7H2,(H,19,21). The van der Waals surface area contributed by atoms with Gasteiger partial charge in [0.15, 0.2) is 0 Å². The number of benzene rings is 1. The number of hydrogen-bond acceptors (Lipinski definition) is 4. The summed E-state index contributed by atoms with van der Waals surface area (Å²) in [7, 11) is -3.97. The van der Waals surface area contributed by atoms with Crippen molar-refractivity contribution in [2.24, 2.45) is 0 Å². The van der Waals surface area contributed by atoms with Crippen LogP contribution >= 0.6 is 11.6 Å². The number of carbonyl (C=O) groups excluding carboxylic acids is 1. The highest BCUT2D eigenvalue weighted by Gasteiger charge is 2.41. The van der Waals surface area contributed by atoms with Crippen molar-refractivity contribution in [1.82, 2.24) is 9.62 Å². The number of ether oxygens (including phenoxy) is 1. The SMILES string of the molecule is O=C(NC1CC1)C1CCCN1S(=O)(=O)c1ccc(OC(F)F)c(Cl)c1. The Morgan fingerprint density at radius 2 is 2.04 bits per heavy atom. The maximum absolute atomic E-state index is 12.8. The highest BCUT2D eigenvalue weighted by molar-refractivity contribution is 7.89. The van der Waals surface area contributed by atoms with Crippen LogP contribution in [0, 0.1) is 0 Å². The third-order valence-electron chi connectivity index (χ3n) is 4.16. The molecule has 0 spiro atoms. The quantitative estimate of drug-likeness (QED) is 0.803. The molecule has 25 heavy (non-hydrogen) atoms. The third kappa shape index (κ3) is 4.04. The first-order valence-electron chi connectivity index (χ1n) is 7.85. The number of alkyl halides is 2. The number of amides is 1. The van der Waals surface area contributed by atoms with Crippen LogP contribution in [-0.2, 0) is 14.8 Å². The summed E-state index contributed by atoms with van der Waals surface area (Å²) in [6.45, 7) is -2.84. The average molecular weight is 395 g/mol. The van der Waals surface area contributed by atoms with Crippen molar-refractivity contribution in [2.45, 2.75) is 49.3 Å². The van der Waals surface area contributed by atoms with Gasteiger partial charge in [-0.1, -0.05) is 11.6 Å². The fraction of sp³-hybridized carbons (Fsp3) is 0.533. The molecular weight excluding hydrogens is 378 g/mol. The molecule has 0 aromatic heterocycles. The molecule has 2 fully saturated rings. The Labute approximate surface area is 149 Å². The Hall–Kier alpha value is -1.45. The summed E-state index contributed by atoms with van der Waals surface area (Å²) >= 11 is 5.84. The van der Waals surface area contributed by atoms with Crippen LogP contribution in [0.5, 0.6) is 5.75 Å². The number of nitrogens with one attached hydrogen (secondary N) is 1. The molecule has 1 unspecified atom stereocenters. The number of rotatable bonds is 6. The molecule has 1 saturated heterocycles. The lowest BCUT2D eigenvalue weighted by atomic mass is 10.2. The second kappa shape index (κ2) is 7.05. The minimum atomic E-state index is -3.97. The van der Waals surface area contributed by atoms with E-state index in [4.69, 9.17) is 11.6 Å². The molecule has 6 nitrogen and oxygen atoms in total. The van der Waals surface area contributed by atoms with Crippen molar-refractivity contribution in [3.8, 4) is 5.75 Å². The molecule has 1 aromatic carbocycles. The van der Waals surface area contributed by atoms with E-state index in [9.17, 15) is 22.0 Å². The van der Waals surface area contributed by atoms with Crippen LogP contribution in [0.4, 0.5) is 8.78 Å². The Morgan fingerprint density at radius 3 is 2.64 bits per heavy atom. The van der Waals surface area contributed by atoms with Gasteiger partial charge in [-0.05, 0) is 43.9 Å². The number of sulfonamides is 1. The predicted molar refractivity (Wildman–Crippen MR) is 86.2 cm³/mol. The van der Waals surface area contributed by atoms with E-state index in [0.29, 0.717) is 12.8 Å². The van der Waals surface area contributed by atoms with E-state index in [-0.39, 0.29) is 34.2 Å². The summed E-state index contributed by atoms with van der Waals surface area (Å²) < 4.78 is 55.6. The Balaban J connectivity index is 1.82. The Bertz CT molecular complexity index is 771. The van der Waals surface area contributed by atoms with E-state index in [1.165, 1.54) is 0 Å². The van der Waals surface area contributed by atoms with Gasteiger partial charge in [-0.15, -0.1) is 0 Å². The fourth-order valence-corrected chi connectivity index (χ4v) is 4.76. The second-order valence-electron chi connectivity index (χ2n) is 6.03. The van der Waals surface area contributed by atoms with Crippen molar-refractivity contribution in [3.63, 3.8) is 0 Å². The number of nitrogens with zero attached hydrogens (tertiary/aromatic N) is 1. The van der Waals surface area contributed by atoms with Crippen LogP contribution < -0.4 is 10.1 Å². The Morgan fingerprint density at radius 1 is 1.32 bits per heavy atom. The van der Waals surface area contributed by atoms with Crippen molar-refractivity contribution >= 4 is 27.5 Å². The van der Waals surface area contributed by atoms with Gasteiger partial charge >= 0.3 is 6.61 Å². The average Bonchev–Trinajstić information content (AvgIpc) is 3.20. The summed E-state index contributed by atoms with van der Waals surface area (Å²) in [5.74, 6) is -0.604. The van der Waals surface area contributed by atoms with Crippen molar-refractivity contribution in [3.05, 3.63) is 23.2 Å². The lowest BCUT2D eigenvalue weighted by molar-refractivity contribution is -0.124. The monoisotopic (exact) mass is 394 g/mol. The minimum absolute atomic E-state index is 0.137. The van der Waals surface area contributed by atoms with Gasteiger partial charge in [0, 0.05) is 12.6 Å². The normalized spacial score (nSPS) is 21.5. The van der Waals surface area contributed by atoms with Crippen LogP contribution in [0.25, 0.3) is 0 Å². The van der Waals surface area contributed by atoms with E-state index in [0.717, 1.165) is 35.3 Å². The van der Waals surface area contributed by atoms with Gasteiger partial charge in [0.05, 0.1) is 9.92 Å². The smallest absolute Gasteiger partial charge is 0.387 e. The van der Waals surface area contributed by atoms with Gasteiger partial charge < -0.3 is 10.1 Å². The summed E-state index contributed by atoms with van der Waals surface area (Å²) in [4.78, 5) is 12.1. The van der Waals surface area contributed by atoms with E-state index < -0.39 is 22.7 Å². The molecular formula is C15H17ClF2N2O4S. The summed E-state index contributed by atoms with van der Waals surface area (Å²) in [5, 5.41) is 2.58. The first-order chi connectivity index (χ1) is 11.8. The maximum Gasteiger partial charge on any atom is 0.387 e. The molecule has 10 heteroatoms.